The number of benzene rings is 1. The summed E-state index contributed by atoms with van der Waals surface area (Å²) in [4.78, 5) is 0. The zero-order chi connectivity index (χ0) is 13.1. The lowest BCUT2D eigenvalue weighted by Gasteiger charge is -2.23. The van der Waals surface area contributed by atoms with Crippen LogP contribution in [-0.4, -0.2) is 5.88 Å². The Morgan fingerprint density at radius 3 is 2.35 bits per heavy atom. The molecule has 0 saturated carbocycles. The fourth-order valence-electron chi connectivity index (χ4n) is 2.16. The number of hydrogen-bond donors (Lipinski definition) is 0. The minimum atomic E-state index is 0.224. The Balaban J connectivity index is 3.15. The second-order valence-corrected chi connectivity index (χ2v) is 6.27. The van der Waals surface area contributed by atoms with Gasteiger partial charge in [-0.05, 0) is 40.9 Å². The third kappa shape index (κ3) is 3.74. The van der Waals surface area contributed by atoms with Crippen molar-refractivity contribution in [3.63, 3.8) is 0 Å². The molecule has 0 heterocycles. The summed E-state index contributed by atoms with van der Waals surface area (Å²) in [5.41, 5.74) is 4.60. The van der Waals surface area contributed by atoms with E-state index in [1.54, 1.807) is 0 Å². The molecule has 1 rings (SSSR count). The summed E-state index contributed by atoms with van der Waals surface area (Å²) in [6.45, 7) is 11.3. The first-order valence-electron chi connectivity index (χ1n) is 6.59. The zero-order valence-corrected chi connectivity index (χ0v) is 12.6. The van der Waals surface area contributed by atoms with Crippen LogP contribution in [0.2, 0.25) is 0 Å². The molecule has 0 aromatic heterocycles. The van der Waals surface area contributed by atoms with E-state index >= 15 is 0 Å². The topological polar surface area (TPSA) is 0 Å². The molecule has 0 aliphatic heterocycles. The minimum Gasteiger partial charge on any atom is -0.127 e. The van der Waals surface area contributed by atoms with Crippen LogP contribution in [0.4, 0.5) is 0 Å². The van der Waals surface area contributed by atoms with Crippen LogP contribution in [0.1, 0.15) is 63.6 Å². The van der Waals surface area contributed by atoms with E-state index < -0.39 is 0 Å². The Labute approximate surface area is 111 Å². The van der Waals surface area contributed by atoms with Gasteiger partial charge in [-0.1, -0.05) is 52.8 Å². The van der Waals surface area contributed by atoms with E-state index in [2.05, 4.69) is 52.8 Å². The van der Waals surface area contributed by atoms with Crippen LogP contribution in [0.25, 0.3) is 0 Å². The molecule has 1 aromatic carbocycles. The van der Waals surface area contributed by atoms with Crippen LogP contribution in [-0.2, 0) is 11.8 Å². The van der Waals surface area contributed by atoms with E-state index in [9.17, 15) is 0 Å². The molecule has 17 heavy (non-hydrogen) atoms. The third-order valence-electron chi connectivity index (χ3n) is 3.47. The summed E-state index contributed by atoms with van der Waals surface area (Å²) in [5, 5.41) is 0. The Bertz CT molecular complexity index is 360. The molecule has 0 bridgehead atoms. The monoisotopic (exact) mass is 252 g/mol. The second kappa shape index (κ2) is 5.91. The molecule has 0 nitrogen and oxygen atoms in total. The highest BCUT2D eigenvalue weighted by atomic mass is 35.5. The molecule has 0 spiro atoms. The Kier molecular flexibility index (Phi) is 5.06. The highest BCUT2D eigenvalue weighted by molar-refractivity contribution is 6.17. The Morgan fingerprint density at radius 2 is 1.88 bits per heavy atom. The maximum Gasteiger partial charge on any atom is 0.0229 e. The van der Waals surface area contributed by atoms with E-state index in [-0.39, 0.29) is 5.41 Å². The second-order valence-electron chi connectivity index (χ2n) is 5.90. The van der Waals surface area contributed by atoms with Gasteiger partial charge in [0.05, 0.1) is 0 Å². The average Bonchev–Trinajstić information content (AvgIpc) is 2.27. The maximum atomic E-state index is 5.87. The summed E-state index contributed by atoms with van der Waals surface area (Å²) >= 11 is 5.87. The molecule has 0 saturated heterocycles. The molecule has 0 radical (unpaired) electrons. The highest BCUT2D eigenvalue weighted by Crippen LogP contribution is 2.30. The molecular formula is C16H25Cl. The summed E-state index contributed by atoms with van der Waals surface area (Å²) < 4.78 is 0. The van der Waals surface area contributed by atoms with Crippen molar-refractivity contribution in [1.82, 2.24) is 0 Å². The molecule has 0 fully saturated rings. The van der Waals surface area contributed by atoms with E-state index in [0.29, 0.717) is 5.92 Å². The van der Waals surface area contributed by atoms with E-state index in [1.165, 1.54) is 16.7 Å². The van der Waals surface area contributed by atoms with Gasteiger partial charge in [0.1, 0.15) is 0 Å². The van der Waals surface area contributed by atoms with Crippen molar-refractivity contribution in [2.45, 2.75) is 58.8 Å². The molecular weight excluding hydrogens is 228 g/mol. The van der Waals surface area contributed by atoms with Gasteiger partial charge in [-0.2, -0.15) is 0 Å². The van der Waals surface area contributed by atoms with E-state index in [0.717, 1.165) is 18.7 Å². The van der Waals surface area contributed by atoms with Crippen molar-refractivity contribution in [1.29, 1.82) is 0 Å². The molecule has 1 heteroatoms. The van der Waals surface area contributed by atoms with Gasteiger partial charge >= 0.3 is 0 Å². The third-order valence-corrected chi connectivity index (χ3v) is 3.68. The molecule has 1 unspecified atom stereocenters. The van der Waals surface area contributed by atoms with Crippen molar-refractivity contribution in [3.05, 3.63) is 34.9 Å². The van der Waals surface area contributed by atoms with Gasteiger partial charge in [0.2, 0.25) is 0 Å². The van der Waals surface area contributed by atoms with Crippen molar-refractivity contribution in [3.8, 4) is 0 Å². The first-order valence-corrected chi connectivity index (χ1v) is 7.12. The van der Waals surface area contributed by atoms with Gasteiger partial charge in [-0.3, -0.25) is 0 Å². The van der Waals surface area contributed by atoms with Crippen LogP contribution in [0.3, 0.4) is 0 Å². The lowest BCUT2D eigenvalue weighted by atomic mass is 9.82. The summed E-state index contributed by atoms with van der Waals surface area (Å²) in [6, 6.07) is 6.95. The normalized spacial score (nSPS) is 13.8. The molecule has 1 atom stereocenters. The van der Waals surface area contributed by atoms with E-state index in [4.69, 9.17) is 11.6 Å². The predicted octanol–water partition coefficient (Wildman–Crippen LogP) is 5.28. The number of halogens is 1. The van der Waals surface area contributed by atoms with Crippen LogP contribution >= 0.6 is 11.6 Å². The largest absolute Gasteiger partial charge is 0.127 e. The predicted molar refractivity (Wildman–Crippen MR) is 78.3 cm³/mol. The minimum absolute atomic E-state index is 0.224. The standard InChI is InChI=1S/C16H25Cl/c1-6-13-7-8-14(16(3,4)5)11-15(13)12(2)9-10-17/h7-8,11-12H,6,9-10H2,1-5H3. The zero-order valence-electron chi connectivity index (χ0n) is 11.8. The summed E-state index contributed by atoms with van der Waals surface area (Å²) in [7, 11) is 0. The van der Waals surface area contributed by atoms with Crippen molar-refractivity contribution < 1.29 is 0 Å². The van der Waals surface area contributed by atoms with Gasteiger partial charge in [0, 0.05) is 5.88 Å². The van der Waals surface area contributed by atoms with Gasteiger partial charge in [0.15, 0.2) is 0 Å². The average molecular weight is 253 g/mol. The fraction of sp³-hybridized carbons (Fsp3) is 0.625. The van der Waals surface area contributed by atoms with Gasteiger partial charge in [0.25, 0.3) is 0 Å². The fourth-order valence-corrected chi connectivity index (χ4v) is 2.49. The Morgan fingerprint density at radius 1 is 1.24 bits per heavy atom. The van der Waals surface area contributed by atoms with Gasteiger partial charge in [-0.15, -0.1) is 11.6 Å². The molecule has 0 aliphatic carbocycles. The van der Waals surface area contributed by atoms with Crippen LogP contribution in [0.15, 0.2) is 18.2 Å². The van der Waals surface area contributed by atoms with Crippen LogP contribution in [0, 0.1) is 0 Å². The highest BCUT2D eigenvalue weighted by Gasteiger charge is 2.17. The van der Waals surface area contributed by atoms with Crippen LogP contribution < -0.4 is 0 Å². The van der Waals surface area contributed by atoms with Crippen molar-refractivity contribution >= 4 is 11.6 Å². The molecule has 0 N–H and O–H groups in total. The first kappa shape index (κ1) is 14.6. The quantitative estimate of drug-likeness (QED) is 0.640. The lowest BCUT2D eigenvalue weighted by molar-refractivity contribution is 0.586. The molecule has 96 valence electrons. The summed E-state index contributed by atoms with van der Waals surface area (Å²) in [6.07, 6.45) is 2.16. The number of alkyl halides is 1. The molecule has 0 aliphatic rings. The van der Waals surface area contributed by atoms with Gasteiger partial charge in [-0.25, -0.2) is 0 Å². The number of hydrogen-bond acceptors (Lipinski definition) is 0. The van der Waals surface area contributed by atoms with Crippen molar-refractivity contribution in [2.24, 2.45) is 0 Å². The molecule has 0 amide bonds. The van der Waals surface area contributed by atoms with E-state index in [1.807, 2.05) is 0 Å². The Hall–Kier alpha value is -0.490. The smallest absolute Gasteiger partial charge is 0.0229 e. The molecule has 1 aromatic rings. The number of rotatable bonds is 4. The van der Waals surface area contributed by atoms with Gasteiger partial charge < -0.3 is 0 Å². The first-order chi connectivity index (χ1) is 7.90. The van der Waals surface area contributed by atoms with Crippen LogP contribution in [0.5, 0.6) is 0 Å². The van der Waals surface area contributed by atoms with Crippen molar-refractivity contribution in [2.75, 3.05) is 5.88 Å². The lowest BCUT2D eigenvalue weighted by Crippen LogP contribution is -2.13. The number of aryl methyl sites for hydroxylation is 1. The summed E-state index contributed by atoms with van der Waals surface area (Å²) in [5.74, 6) is 1.30. The maximum absolute atomic E-state index is 5.87. The SMILES string of the molecule is CCc1ccc(C(C)(C)C)cc1C(C)CCCl.